The first-order valence-corrected chi connectivity index (χ1v) is 8.93. The van der Waals surface area contributed by atoms with Crippen LogP contribution in [0.2, 0.25) is 0 Å². The van der Waals surface area contributed by atoms with Gasteiger partial charge in [-0.05, 0) is 62.2 Å². The minimum absolute atomic E-state index is 0.0232. The molecule has 3 rings (SSSR count). The van der Waals surface area contributed by atoms with E-state index in [2.05, 4.69) is 22.1 Å². The number of amides is 1. The van der Waals surface area contributed by atoms with Crippen molar-refractivity contribution in [2.75, 3.05) is 25.4 Å². The number of pyridine rings is 1. The van der Waals surface area contributed by atoms with Gasteiger partial charge in [0.15, 0.2) is 0 Å². The van der Waals surface area contributed by atoms with Gasteiger partial charge in [-0.25, -0.2) is 4.98 Å². The van der Waals surface area contributed by atoms with Crippen molar-refractivity contribution in [2.45, 2.75) is 32.7 Å². The van der Waals surface area contributed by atoms with Gasteiger partial charge in [-0.2, -0.15) is 0 Å². The molecule has 2 aromatic rings. The van der Waals surface area contributed by atoms with Gasteiger partial charge >= 0.3 is 0 Å². The highest BCUT2D eigenvalue weighted by Crippen LogP contribution is 2.22. The maximum absolute atomic E-state index is 12.5. The molecule has 0 radical (unpaired) electrons. The molecule has 5 heteroatoms. The van der Waals surface area contributed by atoms with E-state index in [1.165, 1.54) is 6.42 Å². The maximum Gasteiger partial charge on any atom is 0.251 e. The highest BCUT2D eigenvalue weighted by molar-refractivity contribution is 5.95. The quantitative estimate of drug-likeness (QED) is 0.879. The Bertz CT molecular complexity index is 759. The third-order valence-corrected chi connectivity index (χ3v) is 4.98. The summed E-state index contributed by atoms with van der Waals surface area (Å²) < 4.78 is 0. The van der Waals surface area contributed by atoms with Gasteiger partial charge in [0.25, 0.3) is 5.91 Å². The number of nitrogens with two attached hydrogens (primary N) is 1. The van der Waals surface area contributed by atoms with Gasteiger partial charge in [-0.1, -0.05) is 19.1 Å². The molecule has 1 amide bonds. The average Bonchev–Trinajstić information content (AvgIpc) is 3.09. The second-order valence-electron chi connectivity index (χ2n) is 6.64. The van der Waals surface area contributed by atoms with Gasteiger partial charge in [-0.3, -0.25) is 9.69 Å². The fraction of sp³-hybridized carbons (Fsp3) is 0.400. The Labute approximate surface area is 149 Å². The predicted molar refractivity (Wildman–Crippen MR) is 101 cm³/mol. The molecule has 0 spiro atoms. The van der Waals surface area contributed by atoms with Crippen LogP contribution >= 0.6 is 0 Å². The smallest absolute Gasteiger partial charge is 0.251 e. The van der Waals surface area contributed by atoms with Crippen LogP contribution in [0.1, 0.15) is 35.7 Å². The molecular weight excluding hydrogens is 312 g/mol. The van der Waals surface area contributed by atoms with E-state index in [1.54, 1.807) is 6.20 Å². The van der Waals surface area contributed by atoms with Gasteiger partial charge in [0.2, 0.25) is 0 Å². The molecule has 1 fully saturated rings. The van der Waals surface area contributed by atoms with E-state index in [0.717, 1.165) is 36.2 Å². The summed E-state index contributed by atoms with van der Waals surface area (Å²) in [5, 5.41) is 3.09. The minimum atomic E-state index is -0.0232. The van der Waals surface area contributed by atoms with E-state index in [9.17, 15) is 4.79 Å². The maximum atomic E-state index is 12.5. The zero-order valence-corrected chi connectivity index (χ0v) is 15.0. The summed E-state index contributed by atoms with van der Waals surface area (Å²) >= 11 is 0. The molecule has 1 aromatic carbocycles. The highest BCUT2D eigenvalue weighted by Gasteiger charge is 2.23. The van der Waals surface area contributed by atoms with Crippen LogP contribution in [0.3, 0.4) is 0 Å². The van der Waals surface area contributed by atoms with Gasteiger partial charge in [0.1, 0.15) is 5.82 Å². The van der Waals surface area contributed by atoms with Gasteiger partial charge in [0, 0.05) is 29.9 Å². The van der Waals surface area contributed by atoms with Crippen LogP contribution in [-0.2, 0) is 0 Å². The number of hydrogen-bond acceptors (Lipinski definition) is 4. The lowest BCUT2D eigenvalue weighted by molar-refractivity contribution is 0.0941. The van der Waals surface area contributed by atoms with E-state index in [4.69, 9.17) is 5.73 Å². The van der Waals surface area contributed by atoms with E-state index < -0.39 is 0 Å². The summed E-state index contributed by atoms with van der Waals surface area (Å²) in [7, 11) is 0. The lowest BCUT2D eigenvalue weighted by Gasteiger charge is -2.22. The number of nitrogens with zero attached hydrogens (tertiary/aromatic N) is 2. The topological polar surface area (TPSA) is 71.2 Å². The summed E-state index contributed by atoms with van der Waals surface area (Å²) in [5.41, 5.74) is 9.34. The van der Waals surface area contributed by atoms with Crippen LogP contribution < -0.4 is 11.1 Å². The Morgan fingerprint density at radius 3 is 2.96 bits per heavy atom. The summed E-state index contributed by atoms with van der Waals surface area (Å²) in [5.74, 6) is 0.514. The second-order valence-corrected chi connectivity index (χ2v) is 6.64. The van der Waals surface area contributed by atoms with Crippen molar-refractivity contribution in [1.29, 1.82) is 0 Å². The van der Waals surface area contributed by atoms with Crippen LogP contribution in [0.15, 0.2) is 36.5 Å². The van der Waals surface area contributed by atoms with Gasteiger partial charge in [0.05, 0.1) is 0 Å². The average molecular weight is 338 g/mol. The lowest BCUT2D eigenvalue weighted by atomic mass is 10.0. The van der Waals surface area contributed by atoms with Crippen LogP contribution in [0, 0.1) is 6.92 Å². The van der Waals surface area contributed by atoms with E-state index in [1.807, 2.05) is 37.3 Å². The van der Waals surface area contributed by atoms with Crippen LogP contribution in [0.25, 0.3) is 11.1 Å². The molecule has 1 saturated heterocycles. The van der Waals surface area contributed by atoms with Crippen molar-refractivity contribution < 1.29 is 4.79 Å². The molecule has 1 aromatic heterocycles. The van der Waals surface area contributed by atoms with Crippen molar-refractivity contribution in [3.05, 3.63) is 47.7 Å². The Kier molecular flexibility index (Phi) is 5.34. The van der Waals surface area contributed by atoms with Crippen molar-refractivity contribution in [3.63, 3.8) is 0 Å². The Morgan fingerprint density at radius 2 is 2.20 bits per heavy atom. The number of aryl methyl sites for hydroxylation is 1. The number of likely N-dealkylation sites (N-methyl/N-ethyl adjacent to an activating group) is 1. The number of carbonyl (C=O) groups excluding carboxylic acids is 1. The van der Waals surface area contributed by atoms with Crippen LogP contribution in [0.5, 0.6) is 0 Å². The summed E-state index contributed by atoms with van der Waals surface area (Å²) in [6.07, 6.45) is 4.12. The molecular formula is C20H26N4O. The number of hydrogen-bond donors (Lipinski definition) is 2. The van der Waals surface area contributed by atoms with Crippen molar-refractivity contribution in [2.24, 2.45) is 0 Å². The molecule has 3 N–H and O–H groups in total. The number of benzene rings is 1. The monoisotopic (exact) mass is 338 g/mol. The first-order chi connectivity index (χ1) is 12.1. The van der Waals surface area contributed by atoms with Gasteiger partial charge in [-0.15, -0.1) is 0 Å². The summed E-state index contributed by atoms with van der Waals surface area (Å²) in [6, 6.07) is 10.1. The number of aromatic nitrogens is 1. The van der Waals surface area contributed by atoms with E-state index >= 15 is 0 Å². The molecule has 1 aliphatic heterocycles. The third-order valence-electron chi connectivity index (χ3n) is 4.98. The van der Waals surface area contributed by atoms with Crippen molar-refractivity contribution in [3.8, 4) is 11.1 Å². The zero-order chi connectivity index (χ0) is 17.8. The highest BCUT2D eigenvalue weighted by atomic mass is 16.1. The zero-order valence-electron chi connectivity index (χ0n) is 15.0. The Hall–Kier alpha value is -2.40. The fourth-order valence-electron chi connectivity index (χ4n) is 3.44. The number of rotatable bonds is 5. The lowest BCUT2D eigenvalue weighted by Crippen LogP contribution is -2.40. The number of likely N-dealkylation sites (tertiary alicyclic amines) is 1. The largest absolute Gasteiger partial charge is 0.383 e. The second kappa shape index (κ2) is 7.66. The Balaban J connectivity index is 1.70. The van der Waals surface area contributed by atoms with Crippen LogP contribution in [-0.4, -0.2) is 41.5 Å². The van der Waals surface area contributed by atoms with Crippen molar-refractivity contribution >= 4 is 11.7 Å². The minimum Gasteiger partial charge on any atom is -0.383 e. The molecule has 1 atom stereocenters. The first-order valence-electron chi connectivity index (χ1n) is 8.93. The standard InChI is InChI=1S/C20H26N4O/c1-3-24-9-5-8-18(24)13-23-20(25)16-7-4-6-15(11-16)17-10-14(2)19(21)22-12-17/h4,6-7,10-12,18H,3,5,8-9,13H2,1-2H3,(H2,21,22)(H,23,25)/t18-/m0/s1. The number of carbonyl (C=O) groups is 1. The molecule has 5 nitrogen and oxygen atoms in total. The molecule has 1 aliphatic rings. The molecule has 0 bridgehead atoms. The van der Waals surface area contributed by atoms with Gasteiger partial charge < -0.3 is 11.1 Å². The molecule has 2 heterocycles. The molecule has 132 valence electrons. The fourth-order valence-corrected chi connectivity index (χ4v) is 3.44. The normalized spacial score (nSPS) is 17.6. The van der Waals surface area contributed by atoms with Crippen molar-refractivity contribution in [1.82, 2.24) is 15.2 Å². The molecule has 0 unspecified atom stereocenters. The molecule has 0 saturated carbocycles. The number of nitrogens with one attached hydrogen (secondary N) is 1. The SMILES string of the molecule is CCN1CCC[C@H]1CNC(=O)c1cccc(-c2cnc(N)c(C)c2)c1. The predicted octanol–water partition coefficient (Wildman–Crippen LogP) is 2.85. The van der Waals surface area contributed by atoms with E-state index in [0.29, 0.717) is 24.0 Å². The number of nitrogen functional groups attached to an aromatic ring is 1. The van der Waals surface area contributed by atoms with Crippen LogP contribution in [0.4, 0.5) is 5.82 Å². The Morgan fingerprint density at radius 1 is 1.36 bits per heavy atom. The molecule has 0 aliphatic carbocycles. The first kappa shape index (κ1) is 17.4. The number of anilines is 1. The molecule has 25 heavy (non-hydrogen) atoms. The summed E-state index contributed by atoms with van der Waals surface area (Å²) in [6.45, 7) is 6.99. The third kappa shape index (κ3) is 3.99. The summed E-state index contributed by atoms with van der Waals surface area (Å²) in [4.78, 5) is 19.2. The van der Waals surface area contributed by atoms with E-state index in [-0.39, 0.29) is 5.91 Å².